The highest BCUT2D eigenvalue weighted by atomic mass is 16.1. The molecule has 128 valence electrons. The lowest BCUT2D eigenvalue weighted by atomic mass is 9.69. The molecule has 0 radical (unpaired) electrons. The summed E-state index contributed by atoms with van der Waals surface area (Å²) in [6.45, 7) is 9.32. The largest absolute Gasteiger partial charge is 0.369 e. The highest BCUT2D eigenvalue weighted by Gasteiger charge is 2.37. The predicted molar refractivity (Wildman–Crippen MR) is 93.8 cm³/mol. The topological polar surface area (TPSA) is 77.2 Å². The van der Waals surface area contributed by atoms with Gasteiger partial charge in [0.25, 0.3) is 0 Å². The molecule has 0 unspecified atom stereocenters. The van der Waals surface area contributed by atoms with Gasteiger partial charge in [-0.05, 0) is 25.2 Å². The summed E-state index contributed by atoms with van der Waals surface area (Å²) in [6.07, 6.45) is 0.976. The van der Waals surface area contributed by atoms with Crippen LogP contribution in [-0.4, -0.2) is 17.5 Å². The average Bonchev–Trinajstić information content (AvgIpc) is 2.48. The minimum atomic E-state index is -0.669. The van der Waals surface area contributed by atoms with Crippen molar-refractivity contribution < 1.29 is 14.4 Å². The number of fused-ring (bicyclic) bond motifs is 1. The summed E-state index contributed by atoms with van der Waals surface area (Å²) >= 11 is 0. The first-order valence-corrected chi connectivity index (χ1v) is 8.14. The molecule has 0 fully saturated rings. The lowest BCUT2D eigenvalue weighted by Gasteiger charge is -2.34. The standard InChI is InChI=1S/C20H25NO3/c1-12-15(10-19(2,3)11-20(4,5)18(21)24)17(23)14-9-7-6-8-13(14)16(12)22/h6-9H,10-11H2,1-5H3,(H2,21,24). The number of ketones is 2. The van der Waals surface area contributed by atoms with E-state index in [-0.39, 0.29) is 22.9 Å². The molecule has 1 aromatic carbocycles. The molecule has 4 nitrogen and oxygen atoms in total. The molecular formula is C20H25NO3. The van der Waals surface area contributed by atoms with Crippen molar-refractivity contribution in [3.05, 3.63) is 46.5 Å². The number of Topliss-reactive ketones (excluding diaryl/α,β-unsaturated/α-hetero) is 2. The highest BCUT2D eigenvalue weighted by Crippen LogP contribution is 2.41. The van der Waals surface area contributed by atoms with Crippen molar-refractivity contribution in [3.8, 4) is 0 Å². The van der Waals surface area contributed by atoms with Crippen LogP contribution in [-0.2, 0) is 4.79 Å². The third kappa shape index (κ3) is 3.32. The Morgan fingerprint density at radius 3 is 2.00 bits per heavy atom. The summed E-state index contributed by atoms with van der Waals surface area (Å²) in [5.41, 5.74) is 6.46. The van der Waals surface area contributed by atoms with Gasteiger partial charge in [-0.15, -0.1) is 0 Å². The first-order chi connectivity index (χ1) is 11.0. The predicted octanol–water partition coefficient (Wildman–Crippen LogP) is 3.70. The summed E-state index contributed by atoms with van der Waals surface area (Å²) in [5.74, 6) is -0.546. The van der Waals surface area contributed by atoms with Crippen LogP contribution in [0.5, 0.6) is 0 Å². The Bertz CT molecular complexity index is 754. The second-order valence-corrected chi connectivity index (χ2v) is 8.07. The highest BCUT2D eigenvalue weighted by molar-refractivity contribution is 6.26. The summed E-state index contributed by atoms with van der Waals surface area (Å²) in [7, 11) is 0. The zero-order chi connectivity index (χ0) is 18.3. The van der Waals surface area contributed by atoms with Gasteiger partial charge < -0.3 is 5.73 Å². The van der Waals surface area contributed by atoms with Gasteiger partial charge in [-0.25, -0.2) is 0 Å². The maximum Gasteiger partial charge on any atom is 0.223 e. The van der Waals surface area contributed by atoms with E-state index in [0.29, 0.717) is 35.1 Å². The van der Waals surface area contributed by atoms with Crippen molar-refractivity contribution in [1.82, 2.24) is 0 Å². The summed E-state index contributed by atoms with van der Waals surface area (Å²) in [6, 6.07) is 6.92. The molecule has 2 rings (SSSR count). The van der Waals surface area contributed by atoms with Crippen molar-refractivity contribution in [1.29, 1.82) is 0 Å². The van der Waals surface area contributed by atoms with Crippen molar-refractivity contribution in [2.45, 2.75) is 47.5 Å². The molecule has 0 saturated heterocycles. The average molecular weight is 327 g/mol. The van der Waals surface area contributed by atoms with E-state index in [0.717, 1.165) is 0 Å². The number of rotatable bonds is 5. The fourth-order valence-corrected chi connectivity index (χ4v) is 3.59. The molecule has 0 atom stereocenters. The quantitative estimate of drug-likeness (QED) is 0.895. The number of nitrogens with two attached hydrogens (primary N) is 1. The van der Waals surface area contributed by atoms with E-state index < -0.39 is 5.41 Å². The maximum atomic E-state index is 12.8. The fraction of sp³-hybridized carbons (Fsp3) is 0.450. The van der Waals surface area contributed by atoms with Gasteiger partial charge in [0, 0.05) is 27.7 Å². The van der Waals surface area contributed by atoms with Crippen molar-refractivity contribution in [2.24, 2.45) is 16.6 Å². The summed E-state index contributed by atoms with van der Waals surface area (Å²) < 4.78 is 0. The molecular weight excluding hydrogens is 302 g/mol. The third-order valence-corrected chi connectivity index (χ3v) is 4.73. The number of hydrogen-bond acceptors (Lipinski definition) is 3. The first-order valence-electron chi connectivity index (χ1n) is 8.14. The number of primary amides is 1. The number of benzene rings is 1. The van der Waals surface area contributed by atoms with Crippen LogP contribution in [0.1, 0.15) is 68.2 Å². The van der Waals surface area contributed by atoms with Crippen LogP contribution in [0.3, 0.4) is 0 Å². The lowest BCUT2D eigenvalue weighted by molar-refractivity contribution is -0.127. The van der Waals surface area contributed by atoms with Crippen LogP contribution in [0.4, 0.5) is 0 Å². The summed E-state index contributed by atoms with van der Waals surface area (Å²) in [4.78, 5) is 37.0. The molecule has 0 heterocycles. The molecule has 4 heteroatoms. The molecule has 0 saturated carbocycles. The van der Waals surface area contributed by atoms with Crippen LogP contribution in [0.2, 0.25) is 0 Å². The Hall–Kier alpha value is -2.23. The molecule has 0 spiro atoms. The van der Waals surface area contributed by atoms with Crippen molar-refractivity contribution >= 4 is 17.5 Å². The second kappa shape index (κ2) is 6.00. The Labute approximate surface area is 143 Å². The molecule has 0 aliphatic heterocycles. The van der Waals surface area contributed by atoms with Gasteiger partial charge in [-0.3, -0.25) is 14.4 Å². The Morgan fingerprint density at radius 2 is 1.50 bits per heavy atom. The van der Waals surface area contributed by atoms with E-state index in [1.54, 1.807) is 31.2 Å². The van der Waals surface area contributed by atoms with E-state index in [2.05, 4.69) is 0 Å². The molecule has 1 amide bonds. The molecule has 0 aromatic heterocycles. The molecule has 1 aliphatic carbocycles. The van der Waals surface area contributed by atoms with Gasteiger partial charge in [0.2, 0.25) is 5.91 Å². The van der Waals surface area contributed by atoms with E-state index in [4.69, 9.17) is 5.73 Å². The summed E-state index contributed by atoms with van der Waals surface area (Å²) in [5, 5.41) is 0. The van der Waals surface area contributed by atoms with Gasteiger partial charge in [0.15, 0.2) is 11.6 Å². The number of amides is 1. The molecule has 0 bridgehead atoms. The Balaban J connectivity index is 2.35. The van der Waals surface area contributed by atoms with E-state index in [9.17, 15) is 14.4 Å². The first kappa shape index (κ1) is 18.1. The van der Waals surface area contributed by atoms with Crippen LogP contribution in [0.15, 0.2) is 35.4 Å². The number of carbonyl (C=O) groups excluding carboxylic acids is 3. The van der Waals surface area contributed by atoms with Crippen molar-refractivity contribution in [3.63, 3.8) is 0 Å². The van der Waals surface area contributed by atoms with Crippen LogP contribution in [0.25, 0.3) is 0 Å². The van der Waals surface area contributed by atoms with Crippen molar-refractivity contribution in [2.75, 3.05) is 0 Å². The number of hydrogen-bond donors (Lipinski definition) is 1. The molecule has 1 aliphatic rings. The Morgan fingerprint density at radius 1 is 1.00 bits per heavy atom. The van der Waals surface area contributed by atoms with E-state index in [1.807, 2.05) is 27.7 Å². The minimum absolute atomic E-state index is 0.0901. The fourth-order valence-electron chi connectivity index (χ4n) is 3.59. The molecule has 24 heavy (non-hydrogen) atoms. The lowest BCUT2D eigenvalue weighted by Crippen LogP contribution is -2.36. The normalized spacial score (nSPS) is 15.5. The third-order valence-electron chi connectivity index (χ3n) is 4.73. The van der Waals surface area contributed by atoms with Gasteiger partial charge in [0.1, 0.15) is 0 Å². The zero-order valence-corrected chi connectivity index (χ0v) is 15.0. The van der Waals surface area contributed by atoms with Crippen LogP contribution in [0, 0.1) is 10.8 Å². The molecule has 2 N–H and O–H groups in total. The minimum Gasteiger partial charge on any atom is -0.369 e. The van der Waals surface area contributed by atoms with Gasteiger partial charge >= 0.3 is 0 Å². The smallest absolute Gasteiger partial charge is 0.223 e. The number of allylic oxidation sites excluding steroid dienone is 2. The zero-order valence-electron chi connectivity index (χ0n) is 15.0. The molecule has 1 aromatic rings. The van der Waals surface area contributed by atoms with Gasteiger partial charge in [0.05, 0.1) is 0 Å². The number of carbonyl (C=O) groups is 3. The van der Waals surface area contributed by atoms with E-state index >= 15 is 0 Å². The monoisotopic (exact) mass is 327 g/mol. The van der Waals surface area contributed by atoms with E-state index in [1.165, 1.54) is 0 Å². The van der Waals surface area contributed by atoms with Gasteiger partial charge in [-0.1, -0.05) is 52.0 Å². The maximum absolute atomic E-state index is 12.8. The van der Waals surface area contributed by atoms with Gasteiger partial charge in [-0.2, -0.15) is 0 Å². The van der Waals surface area contributed by atoms with Crippen LogP contribution < -0.4 is 5.73 Å². The Kier molecular flexibility index (Phi) is 4.53. The SMILES string of the molecule is CC1=C(CC(C)(C)CC(C)(C)C(N)=O)C(=O)c2ccccc2C1=O. The second-order valence-electron chi connectivity index (χ2n) is 8.07. The van der Waals surface area contributed by atoms with Crippen LogP contribution >= 0.6 is 0 Å².